The van der Waals surface area contributed by atoms with Gasteiger partial charge in [-0.05, 0) is 37.1 Å². The summed E-state index contributed by atoms with van der Waals surface area (Å²) in [4.78, 5) is 13.5. The van der Waals surface area contributed by atoms with Gasteiger partial charge in [-0.1, -0.05) is 0 Å². The van der Waals surface area contributed by atoms with Crippen molar-refractivity contribution in [1.29, 1.82) is 0 Å². The summed E-state index contributed by atoms with van der Waals surface area (Å²) in [5.74, 6) is 0.396. The Morgan fingerprint density at radius 3 is 2.32 bits per heavy atom. The number of amides is 1. The van der Waals surface area contributed by atoms with E-state index in [1.54, 1.807) is 4.90 Å². The van der Waals surface area contributed by atoms with Crippen molar-refractivity contribution in [2.75, 3.05) is 19.7 Å². The van der Waals surface area contributed by atoms with Crippen LogP contribution in [-0.4, -0.2) is 38.9 Å². The lowest BCUT2D eigenvalue weighted by Gasteiger charge is -2.15. The highest BCUT2D eigenvalue weighted by Gasteiger charge is 2.18. The van der Waals surface area contributed by atoms with Gasteiger partial charge in [-0.15, -0.1) is 0 Å². The van der Waals surface area contributed by atoms with Crippen molar-refractivity contribution >= 4 is 15.9 Å². The van der Waals surface area contributed by atoms with E-state index in [1.807, 2.05) is 0 Å². The molecule has 1 aromatic rings. The lowest BCUT2D eigenvalue weighted by molar-refractivity contribution is -0.132. The number of sulfonamides is 1. The van der Waals surface area contributed by atoms with E-state index < -0.39 is 10.0 Å². The zero-order chi connectivity index (χ0) is 13.9. The summed E-state index contributed by atoms with van der Waals surface area (Å²) < 4.78 is 27.4. The van der Waals surface area contributed by atoms with Crippen LogP contribution in [0.25, 0.3) is 0 Å². The topological polar surface area (TPSA) is 89.7 Å². The second-order valence-electron chi connectivity index (χ2n) is 4.39. The first-order valence-corrected chi connectivity index (χ1v) is 7.55. The van der Waals surface area contributed by atoms with Crippen molar-refractivity contribution in [3.05, 3.63) is 24.3 Å². The van der Waals surface area contributed by atoms with Crippen molar-refractivity contribution in [2.24, 2.45) is 5.14 Å². The van der Waals surface area contributed by atoms with Crippen LogP contribution < -0.4 is 9.88 Å². The van der Waals surface area contributed by atoms with E-state index in [-0.39, 0.29) is 17.4 Å². The zero-order valence-electron chi connectivity index (χ0n) is 10.4. The molecule has 1 heterocycles. The summed E-state index contributed by atoms with van der Waals surface area (Å²) in [5, 5.41) is 4.98. The van der Waals surface area contributed by atoms with Crippen molar-refractivity contribution in [1.82, 2.24) is 4.90 Å². The monoisotopic (exact) mass is 284 g/mol. The molecule has 2 rings (SSSR count). The second kappa shape index (κ2) is 5.58. The fraction of sp³-hybridized carbons (Fsp3) is 0.417. The highest BCUT2D eigenvalue weighted by Crippen LogP contribution is 2.15. The lowest BCUT2D eigenvalue weighted by atomic mass is 10.3. The molecule has 1 fully saturated rings. The van der Waals surface area contributed by atoms with Gasteiger partial charge in [-0.3, -0.25) is 4.79 Å². The molecule has 0 aliphatic carbocycles. The van der Waals surface area contributed by atoms with Gasteiger partial charge in [-0.2, -0.15) is 0 Å². The predicted molar refractivity (Wildman–Crippen MR) is 69.1 cm³/mol. The van der Waals surface area contributed by atoms with Gasteiger partial charge in [0, 0.05) is 13.1 Å². The Hall–Kier alpha value is -1.60. The summed E-state index contributed by atoms with van der Waals surface area (Å²) in [7, 11) is -3.69. The molecule has 0 bridgehead atoms. The van der Waals surface area contributed by atoms with Gasteiger partial charge in [0.05, 0.1) is 4.90 Å². The zero-order valence-corrected chi connectivity index (χ0v) is 11.2. The van der Waals surface area contributed by atoms with Crippen LogP contribution in [0, 0.1) is 0 Å². The Morgan fingerprint density at radius 1 is 1.21 bits per heavy atom. The largest absolute Gasteiger partial charge is 0.484 e. The van der Waals surface area contributed by atoms with Crippen molar-refractivity contribution < 1.29 is 17.9 Å². The molecule has 104 valence electrons. The SMILES string of the molecule is NS(=O)(=O)c1ccc(OCC(=O)N2CCCC2)cc1. The molecular weight excluding hydrogens is 268 g/mol. The molecule has 7 heteroatoms. The van der Waals surface area contributed by atoms with Gasteiger partial charge >= 0.3 is 0 Å². The molecule has 1 aliphatic rings. The molecule has 1 amide bonds. The maximum atomic E-state index is 11.7. The normalized spacial score (nSPS) is 15.5. The van der Waals surface area contributed by atoms with E-state index in [0.29, 0.717) is 5.75 Å². The number of carbonyl (C=O) groups excluding carboxylic acids is 1. The Morgan fingerprint density at radius 2 is 1.79 bits per heavy atom. The number of carbonyl (C=O) groups is 1. The van der Waals surface area contributed by atoms with Gasteiger partial charge in [-0.25, -0.2) is 13.6 Å². The number of hydrogen-bond donors (Lipinski definition) is 1. The van der Waals surface area contributed by atoms with Crippen molar-refractivity contribution in [3.8, 4) is 5.75 Å². The van der Waals surface area contributed by atoms with E-state index in [9.17, 15) is 13.2 Å². The first kappa shape index (κ1) is 13.8. The van der Waals surface area contributed by atoms with E-state index in [4.69, 9.17) is 9.88 Å². The molecule has 0 unspecified atom stereocenters. The Balaban J connectivity index is 1.91. The molecule has 2 N–H and O–H groups in total. The summed E-state index contributed by atoms with van der Waals surface area (Å²) in [5.41, 5.74) is 0. The van der Waals surface area contributed by atoms with Gasteiger partial charge in [0.25, 0.3) is 5.91 Å². The van der Waals surface area contributed by atoms with Crippen LogP contribution >= 0.6 is 0 Å². The third-order valence-electron chi connectivity index (χ3n) is 2.97. The highest BCUT2D eigenvalue weighted by molar-refractivity contribution is 7.89. The smallest absolute Gasteiger partial charge is 0.260 e. The lowest BCUT2D eigenvalue weighted by Crippen LogP contribution is -2.32. The molecule has 19 heavy (non-hydrogen) atoms. The minimum atomic E-state index is -3.69. The molecule has 0 saturated carbocycles. The van der Waals surface area contributed by atoms with Crippen LogP contribution in [0.3, 0.4) is 0 Å². The number of rotatable bonds is 4. The van der Waals surface area contributed by atoms with Crippen LogP contribution in [0.15, 0.2) is 29.2 Å². The van der Waals surface area contributed by atoms with Crippen LogP contribution in [0.2, 0.25) is 0 Å². The van der Waals surface area contributed by atoms with Gasteiger partial charge in [0.15, 0.2) is 6.61 Å². The summed E-state index contributed by atoms with van der Waals surface area (Å²) in [6.45, 7) is 1.54. The van der Waals surface area contributed by atoms with E-state index in [0.717, 1.165) is 25.9 Å². The molecule has 6 nitrogen and oxygen atoms in total. The van der Waals surface area contributed by atoms with E-state index >= 15 is 0 Å². The van der Waals surface area contributed by atoms with E-state index in [1.165, 1.54) is 24.3 Å². The number of likely N-dealkylation sites (tertiary alicyclic amines) is 1. The number of hydrogen-bond acceptors (Lipinski definition) is 4. The molecular formula is C12H16N2O4S. The molecule has 0 spiro atoms. The molecule has 0 radical (unpaired) electrons. The van der Waals surface area contributed by atoms with Crippen LogP contribution in [-0.2, 0) is 14.8 Å². The highest BCUT2D eigenvalue weighted by atomic mass is 32.2. The Labute approximate surface area is 112 Å². The van der Waals surface area contributed by atoms with Gasteiger partial charge < -0.3 is 9.64 Å². The molecule has 1 aromatic carbocycles. The van der Waals surface area contributed by atoms with Crippen molar-refractivity contribution in [3.63, 3.8) is 0 Å². The summed E-state index contributed by atoms with van der Waals surface area (Å²) >= 11 is 0. The molecule has 1 saturated heterocycles. The average molecular weight is 284 g/mol. The third kappa shape index (κ3) is 3.68. The second-order valence-corrected chi connectivity index (χ2v) is 5.95. The summed E-state index contributed by atoms with van der Waals surface area (Å²) in [6, 6.07) is 5.67. The number of ether oxygens (including phenoxy) is 1. The Bertz CT molecular complexity index is 548. The maximum absolute atomic E-state index is 11.7. The first-order valence-electron chi connectivity index (χ1n) is 6.00. The quantitative estimate of drug-likeness (QED) is 0.863. The average Bonchev–Trinajstić information content (AvgIpc) is 2.89. The fourth-order valence-electron chi connectivity index (χ4n) is 1.93. The summed E-state index contributed by atoms with van der Waals surface area (Å²) in [6.07, 6.45) is 2.07. The molecule has 0 atom stereocenters. The van der Waals surface area contributed by atoms with E-state index in [2.05, 4.69) is 0 Å². The number of nitrogens with zero attached hydrogens (tertiary/aromatic N) is 1. The van der Waals surface area contributed by atoms with Crippen LogP contribution in [0.4, 0.5) is 0 Å². The minimum Gasteiger partial charge on any atom is -0.484 e. The predicted octanol–water partition coefficient (Wildman–Crippen LogP) is 0.335. The number of benzene rings is 1. The first-order chi connectivity index (χ1) is 8.97. The van der Waals surface area contributed by atoms with Crippen molar-refractivity contribution in [2.45, 2.75) is 17.7 Å². The minimum absolute atomic E-state index is 0.0192. The number of primary sulfonamides is 1. The van der Waals surface area contributed by atoms with Gasteiger partial charge in [0.1, 0.15) is 5.75 Å². The number of nitrogens with two attached hydrogens (primary N) is 1. The fourth-order valence-corrected chi connectivity index (χ4v) is 2.44. The molecule has 1 aliphatic heterocycles. The third-order valence-corrected chi connectivity index (χ3v) is 3.90. The van der Waals surface area contributed by atoms with Gasteiger partial charge in [0.2, 0.25) is 10.0 Å². The molecule has 0 aromatic heterocycles. The van der Waals surface area contributed by atoms with Crippen LogP contribution in [0.5, 0.6) is 5.75 Å². The van der Waals surface area contributed by atoms with Crippen LogP contribution in [0.1, 0.15) is 12.8 Å². The maximum Gasteiger partial charge on any atom is 0.260 e. The Kier molecular flexibility index (Phi) is 4.06. The standard InChI is InChI=1S/C12H16N2O4S/c13-19(16,17)11-5-3-10(4-6-11)18-9-12(15)14-7-1-2-8-14/h3-6H,1-2,7-9H2,(H2,13,16,17).